The van der Waals surface area contributed by atoms with Gasteiger partial charge in [-0.1, -0.05) is 24.3 Å². The molecule has 2 aromatic carbocycles. The molecule has 0 bridgehead atoms. The smallest absolute Gasteiger partial charge is 0.0476 e. The summed E-state index contributed by atoms with van der Waals surface area (Å²) in [6.45, 7) is 0. The molecule has 14 heavy (non-hydrogen) atoms. The van der Waals surface area contributed by atoms with Crippen LogP contribution in [-0.2, 0) is 0 Å². The predicted octanol–water partition coefficient (Wildman–Crippen LogP) is 3.61. The molecule has 0 spiro atoms. The first kappa shape index (κ1) is 7.94. The van der Waals surface area contributed by atoms with Crippen LogP contribution in [0.2, 0.25) is 0 Å². The summed E-state index contributed by atoms with van der Waals surface area (Å²) in [5.74, 6) is 0. The fourth-order valence-electron chi connectivity index (χ4n) is 1.88. The average molecular weight is 199 g/mol. The van der Waals surface area contributed by atoms with Gasteiger partial charge in [0.05, 0.1) is 0 Å². The number of thiol groups is 1. The number of para-hydroxylation sites is 1. The Kier molecular flexibility index (Phi) is 1.58. The van der Waals surface area contributed by atoms with E-state index in [0.29, 0.717) is 0 Å². The Hall–Kier alpha value is -1.41. The standard InChI is InChI=1S/C12H9NS/c14-11-7-3-6-10-12(11)8-4-1-2-5-9(8)13-10/h1-7,13-14H. The van der Waals surface area contributed by atoms with Crippen LogP contribution >= 0.6 is 12.6 Å². The second-order valence-electron chi connectivity index (χ2n) is 3.37. The lowest BCUT2D eigenvalue weighted by Gasteiger charge is -1.94. The van der Waals surface area contributed by atoms with E-state index in [0.717, 1.165) is 10.4 Å². The maximum atomic E-state index is 4.47. The highest BCUT2D eigenvalue weighted by Crippen LogP contribution is 2.29. The Labute approximate surface area is 87.2 Å². The molecule has 2 heteroatoms. The highest BCUT2D eigenvalue weighted by Gasteiger charge is 2.04. The number of hydrogen-bond donors (Lipinski definition) is 2. The Bertz CT molecular complexity index is 610. The van der Waals surface area contributed by atoms with Crippen LogP contribution < -0.4 is 0 Å². The monoisotopic (exact) mass is 199 g/mol. The number of H-pyrrole nitrogens is 1. The van der Waals surface area contributed by atoms with Crippen LogP contribution in [0.3, 0.4) is 0 Å². The number of rotatable bonds is 0. The first-order chi connectivity index (χ1) is 6.86. The Morgan fingerprint density at radius 3 is 2.57 bits per heavy atom. The van der Waals surface area contributed by atoms with E-state index in [-0.39, 0.29) is 0 Å². The van der Waals surface area contributed by atoms with Gasteiger partial charge in [-0.25, -0.2) is 0 Å². The van der Waals surface area contributed by atoms with Crippen LogP contribution in [0.25, 0.3) is 21.8 Å². The molecule has 1 aromatic heterocycles. The molecule has 3 aromatic rings. The van der Waals surface area contributed by atoms with Gasteiger partial charge in [0.25, 0.3) is 0 Å². The fraction of sp³-hybridized carbons (Fsp3) is 0. The van der Waals surface area contributed by atoms with Gasteiger partial charge in [0.15, 0.2) is 0 Å². The van der Waals surface area contributed by atoms with E-state index in [4.69, 9.17) is 0 Å². The predicted molar refractivity (Wildman–Crippen MR) is 63.1 cm³/mol. The van der Waals surface area contributed by atoms with E-state index in [1.54, 1.807) is 0 Å². The fourth-order valence-corrected chi connectivity index (χ4v) is 2.21. The molecular weight excluding hydrogens is 190 g/mol. The molecule has 0 aliphatic rings. The minimum atomic E-state index is 1.03. The summed E-state index contributed by atoms with van der Waals surface area (Å²) < 4.78 is 0. The number of fused-ring (bicyclic) bond motifs is 3. The molecular formula is C12H9NS. The third-order valence-corrected chi connectivity index (χ3v) is 2.88. The van der Waals surface area contributed by atoms with Gasteiger partial charge >= 0.3 is 0 Å². The average Bonchev–Trinajstić information content (AvgIpc) is 2.57. The van der Waals surface area contributed by atoms with Crippen molar-refractivity contribution in [3.63, 3.8) is 0 Å². The summed E-state index contributed by atoms with van der Waals surface area (Å²) in [6, 6.07) is 14.4. The van der Waals surface area contributed by atoms with Crippen LogP contribution in [0.5, 0.6) is 0 Å². The molecule has 1 heterocycles. The van der Waals surface area contributed by atoms with Crippen molar-refractivity contribution < 1.29 is 0 Å². The highest BCUT2D eigenvalue weighted by molar-refractivity contribution is 7.80. The van der Waals surface area contributed by atoms with E-state index in [1.807, 2.05) is 18.2 Å². The van der Waals surface area contributed by atoms with Gasteiger partial charge in [0.2, 0.25) is 0 Å². The second kappa shape index (κ2) is 2.79. The van der Waals surface area contributed by atoms with Crippen molar-refractivity contribution in [1.29, 1.82) is 0 Å². The SMILES string of the molecule is Sc1cccc2[nH]c3ccccc3c12. The first-order valence-electron chi connectivity index (χ1n) is 4.54. The van der Waals surface area contributed by atoms with Crippen molar-refractivity contribution in [1.82, 2.24) is 4.98 Å². The number of aromatic amines is 1. The summed E-state index contributed by atoms with van der Waals surface area (Å²) in [7, 11) is 0. The topological polar surface area (TPSA) is 15.8 Å². The summed E-state index contributed by atoms with van der Waals surface area (Å²) in [4.78, 5) is 4.40. The largest absolute Gasteiger partial charge is 0.354 e. The van der Waals surface area contributed by atoms with Crippen molar-refractivity contribution in [3.8, 4) is 0 Å². The molecule has 0 unspecified atom stereocenters. The van der Waals surface area contributed by atoms with E-state index in [9.17, 15) is 0 Å². The lowest BCUT2D eigenvalue weighted by molar-refractivity contribution is 1.52. The lowest BCUT2D eigenvalue weighted by Crippen LogP contribution is -1.68. The minimum Gasteiger partial charge on any atom is -0.354 e. The first-order valence-corrected chi connectivity index (χ1v) is 4.99. The molecule has 0 aliphatic heterocycles. The molecule has 0 radical (unpaired) electrons. The third-order valence-electron chi connectivity index (χ3n) is 2.51. The third kappa shape index (κ3) is 0.976. The van der Waals surface area contributed by atoms with Crippen molar-refractivity contribution in [3.05, 3.63) is 42.5 Å². The van der Waals surface area contributed by atoms with E-state index >= 15 is 0 Å². The number of aromatic nitrogens is 1. The van der Waals surface area contributed by atoms with Gasteiger partial charge in [0, 0.05) is 26.7 Å². The molecule has 1 N–H and O–H groups in total. The summed E-state index contributed by atoms with van der Waals surface area (Å²) >= 11 is 4.47. The van der Waals surface area contributed by atoms with Crippen LogP contribution in [0.1, 0.15) is 0 Å². The van der Waals surface area contributed by atoms with Crippen LogP contribution in [0, 0.1) is 0 Å². The van der Waals surface area contributed by atoms with E-state index in [1.165, 1.54) is 16.3 Å². The maximum absolute atomic E-state index is 4.47. The summed E-state index contributed by atoms with van der Waals surface area (Å²) in [5.41, 5.74) is 2.32. The van der Waals surface area contributed by atoms with E-state index in [2.05, 4.69) is 41.9 Å². The van der Waals surface area contributed by atoms with Crippen molar-refractivity contribution in [2.45, 2.75) is 4.90 Å². The molecule has 68 valence electrons. The van der Waals surface area contributed by atoms with Crippen molar-refractivity contribution >= 4 is 34.4 Å². The zero-order valence-electron chi connectivity index (χ0n) is 7.49. The summed E-state index contributed by atoms with van der Waals surface area (Å²) in [5, 5.41) is 2.46. The van der Waals surface area contributed by atoms with Crippen molar-refractivity contribution in [2.24, 2.45) is 0 Å². The molecule has 0 amide bonds. The van der Waals surface area contributed by atoms with Gasteiger partial charge in [-0.05, 0) is 18.2 Å². The molecule has 0 saturated carbocycles. The minimum absolute atomic E-state index is 1.03. The van der Waals surface area contributed by atoms with Gasteiger partial charge in [-0.3, -0.25) is 0 Å². The van der Waals surface area contributed by atoms with Gasteiger partial charge in [0.1, 0.15) is 0 Å². The maximum Gasteiger partial charge on any atom is 0.0476 e. The molecule has 0 saturated heterocycles. The molecule has 0 atom stereocenters. The Balaban J connectivity index is 2.65. The number of benzene rings is 2. The zero-order valence-corrected chi connectivity index (χ0v) is 8.38. The van der Waals surface area contributed by atoms with Crippen LogP contribution in [0.15, 0.2) is 47.4 Å². The lowest BCUT2D eigenvalue weighted by atomic mass is 10.1. The molecule has 0 fully saturated rings. The zero-order chi connectivity index (χ0) is 9.54. The number of hydrogen-bond acceptors (Lipinski definition) is 1. The van der Waals surface area contributed by atoms with Gasteiger partial charge < -0.3 is 4.98 Å². The quantitative estimate of drug-likeness (QED) is 0.514. The van der Waals surface area contributed by atoms with E-state index < -0.39 is 0 Å². The molecule has 3 rings (SSSR count). The van der Waals surface area contributed by atoms with Crippen molar-refractivity contribution in [2.75, 3.05) is 0 Å². The Morgan fingerprint density at radius 1 is 0.857 bits per heavy atom. The van der Waals surface area contributed by atoms with Gasteiger partial charge in [-0.15, -0.1) is 12.6 Å². The molecule has 0 aliphatic carbocycles. The number of nitrogens with one attached hydrogen (secondary N) is 1. The van der Waals surface area contributed by atoms with Gasteiger partial charge in [-0.2, -0.15) is 0 Å². The second-order valence-corrected chi connectivity index (χ2v) is 3.85. The normalized spacial score (nSPS) is 11.2. The Morgan fingerprint density at radius 2 is 1.64 bits per heavy atom. The highest BCUT2D eigenvalue weighted by atomic mass is 32.1. The molecule has 1 nitrogen and oxygen atoms in total. The van der Waals surface area contributed by atoms with Crippen LogP contribution in [-0.4, -0.2) is 4.98 Å². The summed E-state index contributed by atoms with van der Waals surface area (Å²) in [6.07, 6.45) is 0. The van der Waals surface area contributed by atoms with Crippen LogP contribution in [0.4, 0.5) is 0 Å².